The van der Waals surface area contributed by atoms with Gasteiger partial charge in [-0.05, 0) is 5.56 Å². The summed E-state index contributed by atoms with van der Waals surface area (Å²) in [6.07, 6.45) is 2.24. The third-order valence-electron chi connectivity index (χ3n) is 3.34. The first-order valence-electron chi connectivity index (χ1n) is 7.75. The van der Waals surface area contributed by atoms with Crippen LogP contribution in [0.4, 0.5) is 0 Å². The molecule has 1 heterocycles. The van der Waals surface area contributed by atoms with Gasteiger partial charge in [0, 0.05) is 25.2 Å². The van der Waals surface area contributed by atoms with Gasteiger partial charge in [-0.2, -0.15) is 0 Å². The van der Waals surface area contributed by atoms with Crippen LogP contribution in [0.1, 0.15) is 5.56 Å². The SMILES string of the molecule is O=C(COCCNC(=O)CN1C(=O)C=CC1=O)NCc1ccccc1. The molecule has 25 heavy (non-hydrogen) atoms. The molecule has 1 aromatic rings. The zero-order valence-electron chi connectivity index (χ0n) is 13.6. The van der Waals surface area contributed by atoms with E-state index in [1.54, 1.807) is 0 Å². The van der Waals surface area contributed by atoms with Gasteiger partial charge in [0.2, 0.25) is 11.8 Å². The van der Waals surface area contributed by atoms with Crippen molar-refractivity contribution in [3.8, 4) is 0 Å². The minimum absolute atomic E-state index is 0.115. The number of carbonyl (C=O) groups is 4. The summed E-state index contributed by atoms with van der Waals surface area (Å²) in [6.45, 7) is 0.294. The molecule has 0 atom stereocenters. The highest BCUT2D eigenvalue weighted by Gasteiger charge is 2.25. The van der Waals surface area contributed by atoms with Gasteiger partial charge in [-0.1, -0.05) is 30.3 Å². The van der Waals surface area contributed by atoms with Crippen LogP contribution >= 0.6 is 0 Å². The molecule has 2 N–H and O–H groups in total. The van der Waals surface area contributed by atoms with Gasteiger partial charge >= 0.3 is 0 Å². The third-order valence-corrected chi connectivity index (χ3v) is 3.34. The summed E-state index contributed by atoms with van der Waals surface area (Å²) in [4.78, 5) is 46.7. The molecule has 8 heteroatoms. The molecular weight excluding hydrogens is 326 g/mol. The standard InChI is InChI=1S/C17H19N3O5/c21-14(11-20-16(23)6-7-17(20)24)18-8-9-25-12-15(22)19-10-13-4-2-1-3-5-13/h1-7H,8-12H2,(H,18,21)(H,19,22). The average molecular weight is 345 g/mol. The van der Waals surface area contributed by atoms with E-state index in [1.165, 1.54) is 0 Å². The van der Waals surface area contributed by atoms with E-state index in [0.717, 1.165) is 22.6 Å². The molecule has 0 aromatic heterocycles. The van der Waals surface area contributed by atoms with Gasteiger partial charge in [0.05, 0.1) is 6.61 Å². The van der Waals surface area contributed by atoms with E-state index >= 15 is 0 Å². The van der Waals surface area contributed by atoms with Gasteiger partial charge in [0.25, 0.3) is 11.8 Å². The fourth-order valence-corrected chi connectivity index (χ4v) is 2.06. The van der Waals surface area contributed by atoms with Crippen molar-refractivity contribution in [2.24, 2.45) is 0 Å². The van der Waals surface area contributed by atoms with Crippen molar-refractivity contribution in [2.45, 2.75) is 6.54 Å². The number of carbonyl (C=O) groups excluding carboxylic acids is 4. The zero-order valence-corrected chi connectivity index (χ0v) is 13.6. The van der Waals surface area contributed by atoms with Crippen LogP contribution < -0.4 is 10.6 Å². The van der Waals surface area contributed by atoms with Crippen LogP contribution in [-0.4, -0.2) is 54.8 Å². The fourth-order valence-electron chi connectivity index (χ4n) is 2.06. The zero-order chi connectivity index (χ0) is 18.1. The molecule has 0 spiro atoms. The fraction of sp³-hybridized carbons (Fsp3) is 0.294. The molecular formula is C17H19N3O5. The molecule has 132 valence electrons. The maximum Gasteiger partial charge on any atom is 0.254 e. The monoisotopic (exact) mass is 345 g/mol. The Balaban J connectivity index is 1.52. The molecule has 8 nitrogen and oxygen atoms in total. The first-order chi connectivity index (χ1) is 12.1. The van der Waals surface area contributed by atoms with Crippen molar-refractivity contribution in [1.82, 2.24) is 15.5 Å². The van der Waals surface area contributed by atoms with Crippen LogP contribution in [0.5, 0.6) is 0 Å². The summed E-state index contributed by atoms with van der Waals surface area (Å²) < 4.78 is 5.16. The number of amides is 4. The van der Waals surface area contributed by atoms with Crippen molar-refractivity contribution in [3.63, 3.8) is 0 Å². The lowest BCUT2D eigenvalue weighted by Crippen LogP contribution is -2.41. The molecule has 0 saturated heterocycles. The molecule has 1 aliphatic heterocycles. The summed E-state index contributed by atoms with van der Waals surface area (Å²) >= 11 is 0. The lowest BCUT2D eigenvalue weighted by Gasteiger charge is -2.13. The number of benzene rings is 1. The second kappa shape index (κ2) is 9.33. The molecule has 0 saturated carbocycles. The highest BCUT2D eigenvalue weighted by Crippen LogP contribution is 2.02. The van der Waals surface area contributed by atoms with E-state index in [-0.39, 0.29) is 32.2 Å². The van der Waals surface area contributed by atoms with E-state index < -0.39 is 17.7 Å². The predicted octanol–water partition coefficient (Wildman–Crippen LogP) is -0.639. The smallest absolute Gasteiger partial charge is 0.254 e. The number of hydrogen-bond donors (Lipinski definition) is 2. The van der Waals surface area contributed by atoms with Gasteiger partial charge in [-0.3, -0.25) is 24.1 Å². The van der Waals surface area contributed by atoms with Gasteiger partial charge in [0.15, 0.2) is 0 Å². The lowest BCUT2D eigenvalue weighted by molar-refractivity contribution is -0.141. The highest BCUT2D eigenvalue weighted by atomic mass is 16.5. The minimum atomic E-state index is -0.508. The Bertz CT molecular complexity index is 654. The Morgan fingerprint density at radius 3 is 2.32 bits per heavy atom. The number of nitrogens with one attached hydrogen (secondary N) is 2. The summed E-state index contributed by atoms with van der Waals surface area (Å²) in [6, 6.07) is 9.49. The van der Waals surface area contributed by atoms with Crippen molar-refractivity contribution < 1.29 is 23.9 Å². The Kier molecular flexibility index (Phi) is 6.85. The Morgan fingerprint density at radius 1 is 0.960 bits per heavy atom. The first-order valence-corrected chi connectivity index (χ1v) is 7.75. The topological polar surface area (TPSA) is 105 Å². The maximum absolute atomic E-state index is 11.6. The van der Waals surface area contributed by atoms with Crippen molar-refractivity contribution in [2.75, 3.05) is 26.3 Å². The second-order valence-electron chi connectivity index (χ2n) is 5.26. The Hall–Kier alpha value is -3.00. The molecule has 0 unspecified atom stereocenters. The average Bonchev–Trinajstić information content (AvgIpc) is 2.92. The summed E-state index contributed by atoms with van der Waals surface area (Å²) in [5.74, 6) is -1.74. The van der Waals surface area contributed by atoms with Gasteiger partial charge in [-0.15, -0.1) is 0 Å². The maximum atomic E-state index is 11.6. The third kappa shape index (κ3) is 6.19. The molecule has 0 fully saturated rings. The highest BCUT2D eigenvalue weighted by molar-refractivity contribution is 6.14. The van der Waals surface area contributed by atoms with Gasteiger partial charge < -0.3 is 15.4 Å². The number of rotatable bonds is 9. The van der Waals surface area contributed by atoms with Crippen LogP contribution in [0, 0.1) is 0 Å². The molecule has 1 aliphatic rings. The summed E-state index contributed by atoms with van der Waals surface area (Å²) in [5, 5.41) is 5.23. The van der Waals surface area contributed by atoms with E-state index in [1.807, 2.05) is 30.3 Å². The molecule has 0 radical (unpaired) electrons. The lowest BCUT2D eigenvalue weighted by atomic mass is 10.2. The Labute approximate surface area is 144 Å². The van der Waals surface area contributed by atoms with E-state index in [0.29, 0.717) is 6.54 Å². The molecule has 0 bridgehead atoms. The van der Waals surface area contributed by atoms with E-state index in [4.69, 9.17) is 4.74 Å². The molecule has 2 rings (SSSR count). The summed E-state index contributed by atoms with van der Waals surface area (Å²) in [7, 11) is 0. The predicted molar refractivity (Wildman–Crippen MR) is 88.0 cm³/mol. The van der Waals surface area contributed by atoms with Crippen LogP contribution in [0.3, 0.4) is 0 Å². The molecule has 0 aliphatic carbocycles. The quantitative estimate of drug-likeness (QED) is 0.458. The van der Waals surface area contributed by atoms with Crippen molar-refractivity contribution in [3.05, 3.63) is 48.0 Å². The van der Waals surface area contributed by atoms with Crippen LogP contribution in [0.2, 0.25) is 0 Å². The number of imide groups is 1. The van der Waals surface area contributed by atoms with Crippen LogP contribution in [0.15, 0.2) is 42.5 Å². The van der Waals surface area contributed by atoms with Crippen LogP contribution in [0.25, 0.3) is 0 Å². The van der Waals surface area contributed by atoms with Gasteiger partial charge in [-0.25, -0.2) is 0 Å². The van der Waals surface area contributed by atoms with E-state index in [9.17, 15) is 19.2 Å². The minimum Gasteiger partial charge on any atom is -0.370 e. The largest absolute Gasteiger partial charge is 0.370 e. The molecule has 1 aromatic carbocycles. The number of nitrogens with zero attached hydrogens (tertiary/aromatic N) is 1. The second-order valence-corrected chi connectivity index (χ2v) is 5.26. The first kappa shape index (κ1) is 18.3. The van der Waals surface area contributed by atoms with Crippen LogP contribution in [-0.2, 0) is 30.5 Å². The number of ether oxygens (including phenoxy) is 1. The van der Waals surface area contributed by atoms with Gasteiger partial charge in [0.1, 0.15) is 13.2 Å². The molecule has 4 amide bonds. The normalized spacial score (nSPS) is 13.2. The number of hydrogen-bond acceptors (Lipinski definition) is 5. The van der Waals surface area contributed by atoms with Crippen molar-refractivity contribution >= 4 is 23.6 Å². The Morgan fingerprint density at radius 2 is 1.64 bits per heavy atom. The van der Waals surface area contributed by atoms with Crippen molar-refractivity contribution in [1.29, 1.82) is 0 Å². The van der Waals surface area contributed by atoms with E-state index in [2.05, 4.69) is 10.6 Å². The summed E-state index contributed by atoms with van der Waals surface area (Å²) in [5.41, 5.74) is 0.989.